The van der Waals surface area contributed by atoms with Gasteiger partial charge in [-0.1, -0.05) is 24.3 Å². The fourth-order valence-corrected chi connectivity index (χ4v) is 4.24. The summed E-state index contributed by atoms with van der Waals surface area (Å²) in [5.74, 6) is 0. The van der Waals surface area contributed by atoms with Crippen LogP contribution in [0, 0.1) is 0 Å². The number of hydrogen-bond donors (Lipinski definition) is 1. The van der Waals surface area contributed by atoms with Gasteiger partial charge in [0.05, 0.1) is 35.4 Å². The predicted molar refractivity (Wildman–Crippen MR) is 94.0 cm³/mol. The van der Waals surface area contributed by atoms with Crippen molar-refractivity contribution in [1.82, 2.24) is 14.5 Å². The highest BCUT2D eigenvalue weighted by Gasteiger charge is 2.45. The molecule has 3 heterocycles. The molecule has 0 radical (unpaired) electrons. The van der Waals surface area contributed by atoms with Crippen LogP contribution in [0.1, 0.15) is 32.7 Å². The van der Waals surface area contributed by atoms with E-state index in [9.17, 15) is 9.90 Å². The first kappa shape index (κ1) is 15.5. The molecule has 2 aliphatic rings. The van der Waals surface area contributed by atoms with Crippen LogP contribution in [0.2, 0.25) is 0 Å². The normalized spacial score (nSPS) is 29.5. The fraction of sp³-hybridized carbons (Fsp3) is 0.474. The molecule has 1 N–H and O–H groups in total. The van der Waals surface area contributed by atoms with Crippen LogP contribution in [0.4, 0.5) is 0 Å². The van der Waals surface area contributed by atoms with Crippen LogP contribution in [0.3, 0.4) is 0 Å². The Balaban J connectivity index is 1.83. The van der Waals surface area contributed by atoms with Crippen molar-refractivity contribution >= 4 is 10.9 Å². The second-order valence-corrected chi connectivity index (χ2v) is 7.35. The lowest BCUT2D eigenvalue weighted by Gasteiger charge is -2.52. The molecule has 0 spiro atoms. The van der Waals surface area contributed by atoms with Gasteiger partial charge in [-0.3, -0.25) is 14.3 Å². The number of para-hydroxylation sites is 1. The Morgan fingerprint density at radius 2 is 2.04 bits per heavy atom. The Labute approximate surface area is 141 Å². The number of benzene rings is 1. The summed E-state index contributed by atoms with van der Waals surface area (Å²) in [6, 6.07) is 7.38. The van der Waals surface area contributed by atoms with Crippen molar-refractivity contribution in [2.75, 3.05) is 6.54 Å². The van der Waals surface area contributed by atoms with Crippen LogP contribution in [0.25, 0.3) is 10.9 Å². The summed E-state index contributed by atoms with van der Waals surface area (Å²) in [6.45, 7) is 5.23. The van der Waals surface area contributed by atoms with E-state index in [0.717, 1.165) is 24.9 Å². The third kappa shape index (κ3) is 2.23. The molecule has 2 aromatic rings. The van der Waals surface area contributed by atoms with Gasteiger partial charge < -0.3 is 5.11 Å². The average Bonchev–Trinajstić information content (AvgIpc) is 2.57. The number of piperidine rings is 1. The maximum atomic E-state index is 13.0. The number of aromatic nitrogens is 2. The van der Waals surface area contributed by atoms with Crippen molar-refractivity contribution < 1.29 is 5.11 Å². The Kier molecular flexibility index (Phi) is 3.58. The quantitative estimate of drug-likeness (QED) is 0.816. The number of rotatable bonds is 1. The molecule has 3 atom stereocenters. The lowest BCUT2D eigenvalue weighted by atomic mass is 9.81. The molecule has 2 aliphatic heterocycles. The Morgan fingerprint density at radius 3 is 2.88 bits per heavy atom. The number of fused-ring (bicyclic) bond motifs is 2. The summed E-state index contributed by atoms with van der Waals surface area (Å²) >= 11 is 0. The largest absolute Gasteiger partial charge is 0.391 e. The van der Waals surface area contributed by atoms with E-state index in [-0.39, 0.29) is 29.3 Å². The van der Waals surface area contributed by atoms with E-state index in [1.807, 2.05) is 24.3 Å². The Bertz CT molecular complexity index is 855. The molecule has 1 saturated heterocycles. The summed E-state index contributed by atoms with van der Waals surface area (Å²) in [6.07, 6.45) is 7.26. The molecule has 1 fully saturated rings. The third-order valence-electron chi connectivity index (χ3n) is 5.60. The Morgan fingerprint density at radius 1 is 1.25 bits per heavy atom. The summed E-state index contributed by atoms with van der Waals surface area (Å²) in [7, 11) is 0. The minimum absolute atomic E-state index is 0.0145. The van der Waals surface area contributed by atoms with Gasteiger partial charge in [-0.15, -0.1) is 0 Å². The first-order valence-electron chi connectivity index (χ1n) is 8.59. The molecule has 0 saturated carbocycles. The molecule has 1 aromatic heterocycles. The van der Waals surface area contributed by atoms with Crippen molar-refractivity contribution in [3.8, 4) is 0 Å². The van der Waals surface area contributed by atoms with Gasteiger partial charge in [-0.05, 0) is 45.4 Å². The zero-order chi connectivity index (χ0) is 16.9. The lowest BCUT2D eigenvalue weighted by Crippen LogP contribution is -2.62. The van der Waals surface area contributed by atoms with Gasteiger partial charge >= 0.3 is 0 Å². The molecule has 4 rings (SSSR count). The van der Waals surface area contributed by atoms with E-state index in [4.69, 9.17) is 0 Å². The van der Waals surface area contributed by atoms with Crippen LogP contribution >= 0.6 is 0 Å². The smallest absolute Gasteiger partial charge is 0.261 e. The molecule has 0 aliphatic carbocycles. The number of aliphatic hydroxyl groups is 1. The number of aliphatic hydroxyl groups excluding tert-OH is 1. The topological polar surface area (TPSA) is 58.4 Å². The van der Waals surface area contributed by atoms with Gasteiger partial charge in [0.15, 0.2) is 0 Å². The van der Waals surface area contributed by atoms with Crippen molar-refractivity contribution in [3.05, 3.63) is 53.1 Å². The third-order valence-corrected chi connectivity index (χ3v) is 5.60. The molecule has 1 aromatic carbocycles. The highest BCUT2D eigenvalue weighted by Crippen LogP contribution is 2.38. The van der Waals surface area contributed by atoms with Gasteiger partial charge in [-0.2, -0.15) is 0 Å². The molecule has 0 unspecified atom stereocenters. The molecular formula is C19H23N3O2. The van der Waals surface area contributed by atoms with Crippen LogP contribution in [-0.2, 0) is 0 Å². The summed E-state index contributed by atoms with van der Waals surface area (Å²) in [4.78, 5) is 19.8. The van der Waals surface area contributed by atoms with Gasteiger partial charge in [0.2, 0.25) is 0 Å². The maximum absolute atomic E-state index is 13.0. The number of nitrogens with zero attached hydrogens (tertiary/aromatic N) is 3. The molecule has 5 nitrogen and oxygen atoms in total. The van der Waals surface area contributed by atoms with Crippen molar-refractivity contribution in [1.29, 1.82) is 0 Å². The fourth-order valence-electron chi connectivity index (χ4n) is 4.24. The van der Waals surface area contributed by atoms with Crippen molar-refractivity contribution in [3.63, 3.8) is 0 Å². The average molecular weight is 325 g/mol. The van der Waals surface area contributed by atoms with E-state index < -0.39 is 0 Å². The standard InChI is InChI=1S/C19H23N3O2/c1-19(2)17(10-9-15-16(23)8-5-11-22(15)19)21-12-20-14-7-4-3-6-13(14)18(21)24/h3-4,6-7,9-10,12,15-17,23H,5,8,11H2,1-2H3/t15-,16+,17+/m1/s1. The summed E-state index contributed by atoms with van der Waals surface area (Å²) < 4.78 is 1.73. The van der Waals surface area contributed by atoms with Gasteiger partial charge in [0.25, 0.3) is 5.56 Å². The first-order valence-corrected chi connectivity index (χ1v) is 8.59. The predicted octanol–water partition coefficient (Wildman–Crippen LogP) is 2.11. The van der Waals surface area contributed by atoms with E-state index in [0.29, 0.717) is 5.39 Å². The van der Waals surface area contributed by atoms with Crippen LogP contribution in [-0.4, -0.2) is 43.8 Å². The van der Waals surface area contributed by atoms with Gasteiger partial charge in [-0.25, -0.2) is 4.98 Å². The lowest BCUT2D eigenvalue weighted by molar-refractivity contribution is -0.0411. The van der Waals surface area contributed by atoms with Crippen LogP contribution < -0.4 is 5.56 Å². The van der Waals surface area contributed by atoms with Gasteiger partial charge in [0, 0.05) is 5.54 Å². The van der Waals surface area contributed by atoms with Crippen LogP contribution in [0.5, 0.6) is 0 Å². The molecule has 126 valence electrons. The van der Waals surface area contributed by atoms with Crippen molar-refractivity contribution in [2.45, 2.75) is 50.4 Å². The highest BCUT2D eigenvalue weighted by atomic mass is 16.3. The maximum Gasteiger partial charge on any atom is 0.261 e. The molecule has 0 amide bonds. The minimum Gasteiger partial charge on any atom is -0.391 e. The number of hydrogen-bond acceptors (Lipinski definition) is 4. The minimum atomic E-state index is -0.332. The second-order valence-electron chi connectivity index (χ2n) is 7.35. The van der Waals surface area contributed by atoms with Gasteiger partial charge in [0.1, 0.15) is 0 Å². The first-order chi connectivity index (χ1) is 11.5. The van der Waals surface area contributed by atoms with Crippen LogP contribution in [0.15, 0.2) is 47.5 Å². The zero-order valence-electron chi connectivity index (χ0n) is 14.1. The molecule has 24 heavy (non-hydrogen) atoms. The second kappa shape index (κ2) is 5.53. The Hall–Kier alpha value is -1.98. The van der Waals surface area contributed by atoms with E-state index >= 15 is 0 Å². The molecule has 0 bridgehead atoms. The zero-order valence-corrected chi connectivity index (χ0v) is 14.1. The summed E-state index contributed by atoms with van der Waals surface area (Å²) in [5.41, 5.74) is 0.441. The van der Waals surface area contributed by atoms with E-state index in [2.05, 4.69) is 35.9 Å². The highest BCUT2D eigenvalue weighted by molar-refractivity contribution is 5.76. The SMILES string of the molecule is CC1(C)[C@@H](n2cnc3ccccc3c2=O)C=C[C@@H]2[C@@H](O)CCCN21. The van der Waals surface area contributed by atoms with E-state index in [1.165, 1.54) is 0 Å². The summed E-state index contributed by atoms with van der Waals surface area (Å²) in [5, 5.41) is 11.0. The monoisotopic (exact) mass is 325 g/mol. The molecule has 5 heteroatoms. The molecular weight excluding hydrogens is 302 g/mol. The van der Waals surface area contributed by atoms with E-state index in [1.54, 1.807) is 10.9 Å². The van der Waals surface area contributed by atoms with Crippen molar-refractivity contribution in [2.24, 2.45) is 0 Å².